The number of nitrogen functional groups attached to an aromatic ring is 1. The minimum absolute atomic E-state index is 0.235. The summed E-state index contributed by atoms with van der Waals surface area (Å²) in [6, 6.07) is 0.999. The molecule has 1 aromatic heterocycles. The van der Waals surface area contributed by atoms with Gasteiger partial charge in [-0.25, -0.2) is 19.2 Å². The molecule has 3 N–H and O–H groups in total. The molecule has 9 nitrogen and oxygen atoms in total. The largest absolute Gasteiger partial charge is 0.477 e. The summed E-state index contributed by atoms with van der Waals surface area (Å²) in [5.41, 5.74) is -1.64. The van der Waals surface area contributed by atoms with Crippen LogP contribution in [0.15, 0.2) is 16.3 Å². The summed E-state index contributed by atoms with van der Waals surface area (Å²) in [7, 11) is 0. The topological polar surface area (TPSA) is 132 Å². The Kier molecular flexibility index (Phi) is 4.23. The number of nitrogens with two attached hydrogens (primary N) is 1. The maximum atomic E-state index is 11.9. The summed E-state index contributed by atoms with van der Waals surface area (Å²) in [5, 5.41) is 15.7. The fourth-order valence-corrected chi connectivity index (χ4v) is 1.23. The zero-order valence-corrected chi connectivity index (χ0v) is 11.3. The maximum absolute atomic E-state index is 11.9. The Hall–Kier alpha value is -2.71. The summed E-state index contributed by atoms with van der Waals surface area (Å²) < 4.78 is 5.78. The number of rotatable bonds is 3. The van der Waals surface area contributed by atoms with E-state index in [1.807, 2.05) is 0 Å². The molecule has 0 atom stereocenters. The van der Waals surface area contributed by atoms with Crippen molar-refractivity contribution in [2.24, 2.45) is 10.2 Å². The Labute approximate surface area is 114 Å². The molecule has 0 saturated carbocycles. The highest BCUT2D eigenvalue weighted by Crippen LogP contribution is 2.10. The molecule has 0 aliphatic carbocycles. The van der Waals surface area contributed by atoms with Crippen LogP contribution in [0.25, 0.3) is 0 Å². The molecule has 0 bridgehead atoms. The second kappa shape index (κ2) is 5.51. The van der Waals surface area contributed by atoms with Gasteiger partial charge in [-0.2, -0.15) is 5.10 Å². The molecule has 1 aromatic rings. The van der Waals surface area contributed by atoms with Gasteiger partial charge < -0.3 is 15.7 Å². The van der Waals surface area contributed by atoms with E-state index in [9.17, 15) is 9.59 Å². The maximum Gasteiger partial charge on any atom is 0.357 e. The van der Waals surface area contributed by atoms with Gasteiger partial charge in [-0.05, 0) is 20.8 Å². The van der Waals surface area contributed by atoms with E-state index in [1.165, 1.54) is 0 Å². The number of esters is 1. The minimum Gasteiger partial charge on any atom is -0.477 e. The Morgan fingerprint density at radius 1 is 1.50 bits per heavy atom. The van der Waals surface area contributed by atoms with Crippen LogP contribution >= 0.6 is 0 Å². The summed E-state index contributed by atoms with van der Waals surface area (Å²) in [6.07, 6.45) is 0. The Balaban J connectivity index is 3.42. The van der Waals surface area contributed by atoms with Crippen molar-refractivity contribution in [3.63, 3.8) is 0 Å². The van der Waals surface area contributed by atoms with Gasteiger partial charge in [-0.15, -0.1) is 5.10 Å². The fourth-order valence-electron chi connectivity index (χ4n) is 1.23. The van der Waals surface area contributed by atoms with E-state index in [0.29, 0.717) is 4.68 Å². The zero-order valence-electron chi connectivity index (χ0n) is 11.3. The normalized spacial score (nSPS) is 12.1. The molecule has 0 amide bonds. The Morgan fingerprint density at radius 3 is 2.55 bits per heavy atom. The smallest absolute Gasteiger partial charge is 0.357 e. The van der Waals surface area contributed by atoms with E-state index in [4.69, 9.17) is 15.7 Å². The molecule has 0 radical (unpaired) electrons. The summed E-state index contributed by atoms with van der Waals surface area (Å²) in [5.74, 6) is 3.37. The lowest BCUT2D eigenvalue weighted by atomic mass is 10.2. The third-order valence-corrected chi connectivity index (χ3v) is 1.96. The first-order valence-electron chi connectivity index (χ1n) is 5.51. The second-order valence-electron chi connectivity index (χ2n) is 4.75. The highest BCUT2D eigenvalue weighted by atomic mass is 16.6. The number of carbonyl (C=O) groups is 2. The molecule has 1 rings (SSSR count). The molecule has 1 heterocycles. The number of ether oxygens (including phenoxy) is 1. The van der Waals surface area contributed by atoms with E-state index in [0.717, 1.165) is 6.07 Å². The summed E-state index contributed by atoms with van der Waals surface area (Å²) in [6.45, 7) is 8.13. The molecule has 0 spiro atoms. The van der Waals surface area contributed by atoms with Gasteiger partial charge in [0, 0.05) is 12.8 Å². The summed E-state index contributed by atoms with van der Waals surface area (Å²) >= 11 is 0. The SMILES string of the molecule is C=N/N=c1/nc(C(=O)OC(C)(C)C)cc(C(=O)O)n1N. The van der Waals surface area contributed by atoms with Crippen LogP contribution in [0, 0.1) is 0 Å². The lowest BCUT2D eigenvalue weighted by Crippen LogP contribution is -2.37. The van der Waals surface area contributed by atoms with Crippen LogP contribution in [-0.2, 0) is 4.74 Å². The first kappa shape index (κ1) is 15.3. The first-order chi connectivity index (χ1) is 9.15. The number of carboxylic acid groups (broad SMARTS) is 1. The number of hydrogen-bond acceptors (Lipinski definition) is 7. The monoisotopic (exact) mass is 281 g/mol. The molecule has 0 saturated heterocycles. The van der Waals surface area contributed by atoms with Crippen LogP contribution in [-0.4, -0.2) is 39.0 Å². The number of aromatic carboxylic acids is 1. The predicted molar refractivity (Wildman–Crippen MR) is 69.6 cm³/mol. The average molecular weight is 281 g/mol. The van der Waals surface area contributed by atoms with E-state index < -0.39 is 17.5 Å². The molecule has 0 aliphatic rings. The lowest BCUT2D eigenvalue weighted by molar-refractivity contribution is 0.00619. The van der Waals surface area contributed by atoms with Crippen molar-refractivity contribution in [1.82, 2.24) is 9.66 Å². The Bertz CT molecular complexity index is 627. The van der Waals surface area contributed by atoms with Gasteiger partial charge >= 0.3 is 11.9 Å². The van der Waals surface area contributed by atoms with Gasteiger partial charge in [-0.3, -0.25) is 0 Å². The van der Waals surface area contributed by atoms with Gasteiger partial charge in [-0.1, -0.05) is 0 Å². The van der Waals surface area contributed by atoms with Crippen LogP contribution in [0.1, 0.15) is 41.7 Å². The zero-order chi connectivity index (χ0) is 15.5. The molecular formula is C11H15N5O4. The van der Waals surface area contributed by atoms with Crippen LogP contribution in [0.4, 0.5) is 0 Å². The van der Waals surface area contributed by atoms with Crippen molar-refractivity contribution in [2.75, 3.05) is 5.84 Å². The second-order valence-corrected chi connectivity index (χ2v) is 4.75. The van der Waals surface area contributed by atoms with E-state index >= 15 is 0 Å². The van der Waals surface area contributed by atoms with Gasteiger partial charge in [0.15, 0.2) is 11.4 Å². The van der Waals surface area contributed by atoms with Gasteiger partial charge in [0.05, 0.1) is 0 Å². The summed E-state index contributed by atoms with van der Waals surface area (Å²) in [4.78, 5) is 26.7. The van der Waals surface area contributed by atoms with Crippen molar-refractivity contribution in [3.05, 3.63) is 23.1 Å². The van der Waals surface area contributed by atoms with Crippen molar-refractivity contribution in [2.45, 2.75) is 26.4 Å². The molecular weight excluding hydrogens is 266 g/mol. The molecule has 0 unspecified atom stereocenters. The van der Waals surface area contributed by atoms with Crippen LogP contribution in [0.2, 0.25) is 0 Å². The third kappa shape index (κ3) is 3.64. The van der Waals surface area contributed by atoms with E-state index in [2.05, 4.69) is 21.9 Å². The molecule has 0 fully saturated rings. The fraction of sp³-hybridized carbons (Fsp3) is 0.364. The van der Waals surface area contributed by atoms with E-state index in [1.54, 1.807) is 20.8 Å². The molecule has 0 aromatic carbocycles. The number of nitrogens with zero attached hydrogens (tertiary/aromatic N) is 4. The van der Waals surface area contributed by atoms with Crippen LogP contribution in [0.3, 0.4) is 0 Å². The molecule has 108 valence electrons. The first-order valence-corrected chi connectivity index (χ1v) is 5.51. The molecule has 20 heavy (non-hydrogen) atoms. The van der Waals surface area contributed by atoms with Crippen LogP contribution < -0.4 is 11.5 Å². The van der Waals surface area contributed by atoms with Gasteiger partial charge in [0.25, 0.3) is 5.62 Å². The number of carboxylic acids is 1. The van der Waals surface area contributed by atoms with Gasteiger partial charge in [0.1, 0.15) is 5.60 Å². The minimum atomic E-state index is -1.35. The lowest BCUT2D eigenvalue weighted by Gasteiger charge is -2.19. The third-order valence-electron chi connectivity index (χ3n) is 1.96. The number of carbonyl (C=O) groups excluding carboxylic acids is 1. The number of hydrogen-bond donors (Lipinski definition) is 2. The molecule has 9 heteroatoms. The average Bonchev–Trinajstić information content (AvgIpc) is 2.29. The van der Waals surface area contributed by atoms with Crippen molar-refractivity contribution in [3.8, 4) is 0 Å². The highest BCUT2D eigenvalue weighted by Gasteiger charge is 2.22. The van der Waals surface area contributed by atoms with E-state index in [-0.39, 0.29) is 17.0 Å². The highest BCUT2D eigenvalue weighted by molar-refractivity contribution is 5.92. The van der Waals surface area contributed by atoms with Crippen molar-refractivity contribution < 1.29 is 19.4 Å². The Morgan fingerprint density at radius 2 is 2.10 bits per heavy atom. The van der Waals surface area contributed by atoms with Crippen molar-refractivity contribution in [1.29, 1.82) is 0 Å². The van der Waals surface area contributed by atoms with Crippen molar-refractivity contribution >= 4 is 18.7 Å². The predicted octanol–water partition coefficient (Wildman–Crippen LogP) is -0.233. The van der Waals surface area contributed by atoms with Gasteiger partial charge in [0.2, 0.25) is 0 Å². The molecule has 0 aliphatic heterocycles. The number of aromatic nitrogens is 2. The standard InChI is InChI=1S/C11H15N5O4/c1-11(2,3)20-9(19)6-5-7(8(17)18)16(12)10(14-6)15-13-4/h5H,4,12H2,1-3H3,(H,17,18)/b15-10-. The quantitative estimate of drug-likeness (QED) is 0.340. The van der Waals surface area contributed by atoms with Crippen LogP contribution in [0.5, 0.6) is 0 Å².